The number of rotatable bonds is 3. The largest absolute Gasteiger partial charge is 0.440 e. The standard InChI is InChI=1S/C14H15BrN2O2/c1-14(2,15)13(18)16-9-5-6-11-10(7-9)17-12(19-11)8-3-4-8/h5-8H,3-4H2,1-2H3,(H,16,18). The number of fused-ring (bicyclic) bond motifs is 1. The number of amides is 1. The number of carbonyl (C=O) groups is 1. The van der Waals surface area contributed by atoms with Crippen molar-refractivity contribution in [1.29, 1.82) is 0 Å². The van der Waals surface area contributed by atoms with E-state index in [4.69, 9.17) is 4.42 Å². The lowest BCUT2D eigenvalue weighted by atomic mass is 10.2. The van der Waals surface area contributed by atoms with Gasteiger partial charge in [0.15, 0.2) is 11.5 Å². The second-order valence-electron chi connectivity index (χ2n) is 5.44. The molecule has 0 bridgehead atoms. The number of aromatic nitrogens is 1. The highest BCUT2D eigenvalue weighted by molar-refractivity contribution is 9.10. The van der Waals surface area contributed by atoms with Crippen LogP contribution in [0, 0.1) is 0 Å². The van der Waals surface area contributed by atoms with Gasteiger partial charge in [0.05, 0.1) is 4.32 Å². The molecule has 0 aliphatic heterocycles. The van der Waals surface area contributed by atoms with E-state index in [1.807, 2.05) is 32.0 Å². The lowest BCUT2D eigenvalue weighted by Crippen LogP contribution is -2.30. The Morgan fingerprint density at radius 2 is 2.21 bits per heavy atom. The van der Waals surface area contributed by atoms with Crippen molar-refractivity contribution in [2.75, 3.05) is 5.32 Å². The molecule has 1 saturated carbocycles. The number of oxazole rings is 1. The van der Waals surface area contributed by atoms with E-state index in [1.165, 1.54) is 0 Å². The number of hydrogen-bond acceptors (Lipinski definition) is 3. The predicted octanol–water partition coefficient (Wildman–Crippen LogP) is 3.82. The molecule has 2 aromatic rings. The average Bonchev–Trinajstić information content (AvgIpc) is 3.08. The Kier molecular flexibility index (Phi) is 2.89. The molecule has 1 heterocycles. The molecular formula is C14H15BrN2O2. The summed E-state index contributed by atoms with van der Waals surface area (Å²) in [6, 6.07) is 5.53. The number of nitrogens with zero attached hydrogens (tertiary/aromatic N) is 1. The molecule has 5 heteroatoms. The fraction of sp³-hybridized carbons (Fsp3) is 0.429. The maximum atomic E-state index is 11.9. The van der Waals surface area contributed by atoms with E-state index < -0.39 is 4.32 Å². The van der Waals surface area contributed by atoms with Gasteiger partial charge in [0.25, 0.3) is 0 Å². The minimum atomic E-state index is -0.592. The van der Waals surface area contributed by atoms with Crippen LogP contribution < -0.4 is 5.32 Å². The van der Waals surface area contributed by atoms with Crippen molar-refractivity contribution < 1.29 is 9.21 Å². The third kappa shape index (κ3) is 2.66. The predicted molar refractivity (Wildman–Crippen MR) is 77.6 cm³/mol. The van der Waals surface area contributed by atoms with Crippen molar-refractivity contribution in [2.45, 2.75) is 36.9 Å². The van der Waals surface area contributed by atoms with Crippen LogP contribution in [0.2, 0.25) is 0 Å². The Hall–Kier alpha value is -1.36. The second kappa shape index (κ2) is 4.34. The topological polar surface area (TPSA) is 55.1 Å². The van der Waals surface area contributed by atoms with Crippen LogP contribution in [0.1, 0.15) is 38.5 Å². The van der Waals surface area contributed by atoms with Crippen LogP contribution in [-0.4, -0.2) is 15.2 Å². The third-order valence-corrected chi connectivity index (χ3v) is 3.49. The van der Waals surface area contributed by atoms with Crippen molar-refractivity contribution in [2.24, 2.45) is 0 Å². The van der Waals surface area contributed by atoms with E-state index in [0.717, 1.165) is 35.5 Å². The first-order valence-corrected chi connectivity index (χ1v) is 7.13. The number of carbonyl (C=O) groups excluding carboxylic acids is 1. The summed E-state index contributed by atoms with van der Waals surface area (Å²) in [5.41, 5.74) is 2.31. The van der Waals surface area contributed by atoms with Gasteiger partial charge in [-0.3, -0.25) is 4.79 Å². The molecule has 4 nitrogen and oxygen atoms in total. The van der Waals surface area contributed by atoms with Crippen LogP contribution in [-0.2, 0) is 4.79 Å². The SMILES string of the molecule is CC(C)(Br)C(=O)Nc1ccc2oc(C3CC3)nc2c1. The molecule has 100 valence electrons. The first-order chi connectivity index (χ1) is 8.93. The molecule has 1 N–H and O–H groups in total. The van der Waals surface area contributed by atoms with Gasteiger partial charge < -0.3 is 9.73 Å². The minimum Gasteiger partial charge on any atom is -0.440 e. The molecule has 0 radical (unpaired) electrons. The summed E-state index contributed by atoms with van der Waals surface area (Å²) in [7, 11) is 0. The number of anilines is 1. The minimum absolute atomic E-state index is 0.0854. The molecule has 1 aliphatic carbocycles. The zero-order valence-corrected chi connectivity index (χ0v) is 12.5. The number of benzene rings is 1. The van der Waals surface area contributed by atoms with Crippen molar-refractivity contribution >= 4 is 38.6 Å². The monoisotopic (exact) mass is 322 g/mol. The molecule has 0 atom stereocenters. The fourth-order valence-corrected chi connectivity index (χ4v) is 1.91. The molecule has 1 aromatic carbocycles. The zero-order valence-electron chi connectivity index (χ0n) is 10.9. The lowest BCUT2D eigenvalue weighted by Gasteiger charge is -2.15. The van der Waals surface area contributed by atoms with E-state index in [1.54, 1.807) is 0 Å². The molecule has 0 saturated heterocycles. The quantitative estimate of drug-likeness (QED) is 0.874. The van der Waals surface area contributed by atoms with Crippen molar-refractivity contribution in [1.82, 2.24) is 4.98 Å². The van der Waals surface area contributed by atoms with Gasteiger partial charge in [-0.25, -0.2) is 4.98 Å². The first-order valence-electron chi connectivity index (χ1n) is 6.34. The average molecular weight is 323 g/mol. The van der Waals surface area contributed by atoms with Gasteiger partial charge in [0.2, 0.25) is 5.91 Å². The third-order valence-electron chi connectivity index (χ3n) is 3.13. The van der Waals surface area contributed by atoms with Crippen LogP contribution in [0.15, 0.2) is 22.6 Å². The molecule has 0 unspecified atom stereocenters. The molecule has 1 fully saturated rings. The van der Waals surface area contributed by atoms with Gasteiger partial charge >= 0.3 is 0 Å². The van der Waals surface area contributed by atoms with Gasteiger partial charge in [0, 0.05) is 11.6 Å². The summed E-state index contributed by atoms with van der Waals surface area (Å²) in [6.45, 7) is 3.62. The van der Waals surface area contributed by atoms with Crippen LogP contribution in [0.4, 0.5) is 5.69 Å². The molecular weight excluding hydrogens is 308 g/mol. The summed E-state index contributed by atoms with van der Waals surface area (Å²) < 4.78 is 5.09. The lowest BCUT2D eigenvalue weighted by molar-refractivity contribution is -0.117. The van der Waals surface area contributed by atoms with E-state index in [9.17, 15) is 4.79 Å². The van der Waals surface area contributed by atoms with E-state index >= 15 is 0 Å². The zero-order chi connectivity index (χ0) is 13.6. The van der Waals surface area contributed by atoms with Gasteiger partial charge in [0.1, 0.15) is 5.52 Å². The van der Waals surface area contributed by atoms with E-state index in [2.05, 4.69) is 26.2 Å². The first kappa shape index (κ1) is 12.7. The Bertz CT molecular complexity index is 638. The summed E-state index contributed by atoms with van der Waals surface area (Å²) in [5.74, 6) is 1.23. The highest BCUT2D eigenvalue weighted by atomic mass is 79.9. The van der Waals surface area contributed by atoms with Gasteiger partial charge in [-0.2, -0.15) is 0 Å². The van der Waals surface area contributed by atoms with Gasteiger partial charge in [-0.15, -0.1) is 0 Å². The number of nitrogens with one attached hydrogen (secondary N) is 1. The Balaban J connectivity index is 1.86. The van der Waals surface area contributed by atoms with E-state index in [-0.39, 0.29) is 5.91 Å². The Morgan fingerprint density at radius 3 is 2.84 bits per heavy atom. The highest BCUT2D eigenvalue weighted by Gasteiger charge is 2.29. The molecule has 1 aromatic heterocycles. The molecule has 1 amide bonds. The molecule has 3 rings (SSSR count). The molecule has 19 heavy (non-hydrogen) atoms. The molecule has 1 aliphatic rings. The van der Waals surface area contributed by atoms with E-state index in [0.29, 0.717) is 5.92 Å². The summed E-state index contributed by atoms with van der Waals surface area (Å²) in [6.07, 6.45) is 2.32. The fourth-order valence-electron chi connectivity index (χ4n) is 1.81. The number of hydrogen-bond donors (Lipinski definition) is 1. The normalized spacial score (nSPS) is 15.7. The van der Waals surface area contributed by atoms with Crippen LogP contribution in [0.25, 0.3) is 11.1 Å². The van der Waals surface area contributed by atoms with Crippen molar-refractivity contribution in [3.8, 4) is 0 Å². The smallest absolute Gasteiger partial charge is 0.240 e. The maximum absolute atomic E-state index is 11.9. The van der Waals surface area contributed by atoms with Crippen LogP contribution in [0.5, 0.6) is 0 Å². The van der Waals surface area contributed by atoms with Crippen molar-refractivity contribution in [3.05, 3.63) is 24.1 Å². The highest BCUT2D eigenvalue weighted by Crippen LogP contribution is 2.40. The van der Waals surface area contributed by atoms with Crippen LogP contribution in [0.3, 0.4) is 0 Å². The summed E-state index contributed by atoms with van der Waals surface area (Å²) >= 11 is 3.34. The van der Waals surface area contributed by atoms with Gasteiger partial charge in [-0.1, -0.05) is 15.9 Å². The molecule has 0 spiro atoms. The van der Waals surface area contributed by atoms with Crippen LogP contribution >= 0.6 is 15.9 Å². The maximum Gasteiger partial charge on any atom is 0.240 e. The van der Waals surface area contributed by atoms with Gasteiger partial charge in [-0.05, 0) is 44.9 Å². The Labute approximate surface area is 119 Å². The summed E-state index contributed by atoms with van der Waals surface area (Å²) in [4.78, 5) is 16.4. The Morgan fingerprint density at radius 1 is 1.47 bits per heavy atom. The summed E-state index contributed by atoms with van der Waals surface area (Å²) in [5, 5.41) is 2.86. The second-order valence-corrected chi connectivity index (χ2v) is 7.42. The number of halogens is 1. The van der Waals surface area contributed by atoms with Crippen molar-refractivity contribution in [3.63, 3.8) is 0 Å². The number of alkyl halides is 1.